The van der Waals surface area contributed by atoms with Crippen LogP contribution in [0.2, 0.25) is 5.02 Å². The van der Waals surface area contributed by atoms with Gasteiger partial charge in [-0.1, -0.05) is 29.4 Å². The lowest BCUT2D eigenvalue weighted by Gasteiger charge is -1.97. The third-order valence-electron chi connectivity index (χ3n) is 2.69. The van der Waals surface area contributed by atoms with Gasteiger partial charge in [0, 0.05) is 17.5 Å². The van der Waals surface area contributed by atoms with Crippen LogP contribution in [0.25, 0.3) is 11.5 Å². The summed E-state index contributed by atoms with van der Waals surface area (Å²) in [5.74, 6) is 0.717. The van der Waals surface area contributed by atoms with Crippen LogP contribution in [0.15, 0.2) is 58.3 Å². The van der Waals surface area contributed by atoms with Gasteiger partial charge in [0.15, 0.2) is 0 Å². The van der Waals surface area contributed by atoms with E-state index in [1.54, 1.807) is 30.7 Å². The highest BCUT2D eigenvalue weighted by atomic mass is 35.5. The Balaban J connectivity index is 1.69. The molecule has 0 atom stereocenters. The number of rotatable bonds is 4. The summed E-state index contributed by atoms with van der Waals surface area (Å²) in [5.41, 5.74) is 1.40. The Labute approximate surface area is 130 Å². The van der Waals surface area contributed by atoms with Crippen molar-refractivity contribution in [2.45, 2.75) is 10.8 Å². The maximum atomic E-state index is 13.2. The van der Waals surface area contributed by atoms with Gasteiger partial charge >= 0.3 is 0 Å². The SMILES string of the molecule is Fc1cccc(-c2nc(CSc3ccc(Cl)cn3)co2)c1. The topological polar surface area (TPSA) is 38.9 Å². The number of hydrogen-bond donors (Lipinski definition) is 0. The van der Waals surface area contributed by atoms with Crippen molar-refractivity contribution in [1.29, 1.82) is 0 Å². The van der Waals surface area contributed by atoms with Gasteiger partial charge in [-0.25, -0.2) is 14.4 Å². The molecule has 0 aliphatic rings. The largest absolute Gasteiger partial charge is 0.444 e. The number of aromatic nitrogens is 2. The van der Waals surface area contributed by atoms with E-state index in [9.17, 15) is 4.39 Å². The summed E-state index contributed by atoms with van der Waals surface area (Å²) in [6.45, 7) is 0. The van der Waals surface area contributed by atoms with Gasteiger partial charge in [0.05, 0.1) is 15.7 Å². The maximum absolute atomic E-state index is 13.2. The van der Waals surface area contributed by atoms with E-state index < -0.39 is 0 Å². The fraction of sp³-hybridized carbons (Fsp3) is 0.0667. The molecule has 21 heavy (non-hydrogen) atoms. The molecule has 0 fully saturated rings. The average molecular weight is 321 g/mol. The lowest BCUT2D eigenvalue weighted by Crippen LogP contribution is -1.84. The predicted octanol–water partition coefficient (Wildman–Crippen LogP) is 4.82. The molecular formula is C15H10ClFN2OS. The molecule has 0 radical (unpaired) electrons. The van der Waals surface area contributed by atoms with Crippen molar-refractivity contribution in [2.75, 3.05) is 0 Å². The minimum atomic E-state index is -0.313. The van der Waals surface area contributed by atoms with Crippen molar-refractivity contribution in [3.8, 4) is 11.5 Å². The Bertz CT molecular complexity index is 745. The van der Waals surface area contributed by atoms with Gasteiger partial charge in [0.1, 0.15) is 12.1 Å². The molecular weight excluding hydrogens is 311 g/mol. The molecule has 0 spiro atoms. The Hall–Kier alpha value is -1.85. The second-order valence-corrected chi connectivity index (χ2v) is 5.69. The van der Waals surface area contributed by atoms with Crippen molar-refractivity contribution in [3.05, 3.63) is 65.4 Å². The van der Waals surface area contributed by atoms with Gasteiger partial charge in [0.25, 0.3) is 0 Å². The van der Waals surface area contributed by atoms with Crippen molar-refractivity contribution >= 4 is 23.4 Å². The molecule has 3 aromatic rings. The van der Waals surface area contributed by atoms with Crippen LogP contribution in [-0.4, -0.2) is 9.97 Å². The molecule has 0 unspecified atom stereocenters. The van der Waals surface area contributed by atoms with Gasteiger partial charge in [-0.2, -0.15) is 0 Å². The van der Waals surface area contributed by atoms with Crippen LogP contribution in [0.3, 0.4) is 0 Å². The minimum absolute atomic E-state index is 0.313. The fourth-order valence-corrected chi connectivity index (χ4v) is 2.55. The molecule has 1 aromatic carbocycles. The molecule has 6 heteroatoms. The highest BCUT2D eigenvalue weighted by Gasteiger charge is 2.08. The molecule has 0 saturated carbocycles. The van der Waals surface area contributed by atoms with E-state index >= 15 is 0 Å². The molecule has 0 saturated heterocycles. The summed E-state index contributed by atoms with van der Waals surface area (Å²) in [6, 6.07) is 9.80. The first-order valence-corrected chi connectivity index (χ1v) is 7.52. The molecule has 2 heterocycles. The Morgan fingerprint density at radius 3 is 2.90 bits per heavy atom. The van der Waals surface area contributed by atoms with Crippen molar-refractivity contribution in [1.82, 2.24) is 9.97 Å². The number of halogens is 2. The van der Waals surface area contributed by atoms with Gasteiger partial charge in [-0.15, -0.1) is 0 Å². The zero-order chi connectivity index (χ0) is 14.7. The number of nitrogens with zero attached hydrogens (tertiary/aromatic N) is 2. The van der Waals surface area contributed by atoms with Gasteiger partial charge in [-0.05, 0) is 30.3 Å². The van der Waals surface area contributed by atoms with E-state index in [-0.39, 0.29) is 5.82 Å². The molecule has 3 nitrogen and oxygen atoms in total. The van der Waals surface area contributed by atoms with Crippen molar-refractivity contribution in [3.63, 3.8) is 0 Å². The molecule has 0 bridgehead atoms. The van der Waals surface area contributed by atoms with Crippen LogP contribution in [-0.2, 0) is 5.75 Å². The Morgan fingerprint density at radius 2 is 2.14 bits per heavy atom. The quantitative estimate of drug-likeness (QED) is 0.646. The van der Waals surface area contributed by atoms with E-state index in [1.807, 2.05) is 6.07 Å². The van der Waals surface area contributed by atoms with E-state index in [4.69, 9.17) is 16.0 Å². The first-order chi connectivity index (χ1) is 10.2. The van der Waals surface area contributed by atoms with Crippen LogP contribution in [0, 0.1) is 5.82 Å². The molecule has 0 N–H and O–H groups in total. The predicted molar refractivity (Wildman–Crippen MR) is 80.7 cm³/mol. The second kappa shape index (κ2) is 6.28. The first-order valence-electron chi connectivity index (χ1n) is 6.15. The van der Waals surface area contributed by atoms with Crippen LogP contribution in [0.1, 0.15) is 5.69 Å². The third-order valence-corrected chi connectivity index (χ3v) is 3.89. The zero-order valence-electron chi connectivity index (χ0n) is 10.8. The smallest absolute Gasteiger partial charge is 0.226 e. The summed E-state index contributed by atoms with van der Waals surface area (Å²) < 4.78 is 18.5. The summed E-state index contributed by atoms with van der Waals surface area (Å²) in [7, 11) is 0. The van der Waals surface area contributed by atoms with E-state index in [0.717, 1.165) is 10.7 Å². The molecule has 3 rings (SSSR count). The number of pyridine rings is 1. The van der Waals surface area contributed by atoms with Gasteiger partial charge in [-0.3, -0.25) is 0 Å². The monoisotopic (exact) mass is 320 g/mol. The van der Waals surface area contributed by atoms with Crippen LogP contribution < -0.4 is 0 Å². The third kappa shape index (κ3) is 3.62. The lowest BCUT2D eigenvalue weighted by molar-refractivity contribution is 0.571. The lowest BCUT2D eigenvalue weighted by atomic mass is 10.2. The van der Waals surface area contributed by atoms with E-state index in [1.165, 1.54) is 23.9 Å². The van der Waals surface area contributed by atoms with Gasteiger partial charge < -0.3 is 4.42 Å². The van der Waals surface area contributed by atoms with Crippen LogP contribution in [0.4, 0.5) is 4.39 Å². The number of oxazole rings is 1. The molecule has 0 aliphatic carbocycles. The zero-order valence-corrected chi connectivity index (χ0v) is 12.4. The molecule has 106 valence electrons. The Morgan fingerprint density at radius 1 is 1.24 bits per heavy atom. The summed E-state index contributed by atoms with van der Waals surface area (Å²) >= 11 is 7.31. The van der Waals surface area contributed by atoms with E-state index in [2.05, 4.69) is 9.97 Å². The van der Waals surface area contributed by atoms with Crippen LogP contribution in [0.5, 0.6) is 0 Å². The first kappa shape index (κ1) is 14.1. The second-order valence-electron chi connectivity index (χ2n) is 4.26. The highest BCUT2D eigenvalue weighted by Crippen LogP contribution is 2.24. The number of thioether (sulfide) groups is 1. The molecule has 0 amide bonds. The molecule has 0 aliphatic heterocycles. The number of hydrogen-bond acceptors (Lipinski definition) is 4. The normalized spacial score (nSPS) is 10.8. The fourth-order valence-electron chi connectivity index (χ4n) is 1.72. The average Bonchev–Trinajstić information content (AvgIpc) is 2.96. The highest BCUT2D eigenvalue weighted by molar-refractivity contribution is 7.98. The summed E-state index contributed by atoms with van der Waals surface area (Å²) in [5, 5.41) is 1.46. The van der Waals surface area contributed by atoms with Gasteiger partial charge in [0.2, 0.25) is 5.89 Å². The van der Waals surface area contributed by atoms with Crippen LogP contribution >= 0.6 is 23.4 Å². The van der Waals surface area contributed by atoms with Crippen molar-refractivity contribution < 1.29 is 8.81 Å². The number of benzene rings is 1. The standard InChI is InChI=1S/C15H10ClFN2OS/c16-11-4-5-14(18-7-11)21-9-13-8-20-15(19-13)10-2-1-3-12(17)6-10/h1-8H,9H2. The molecule has 2 aromatic heterocycles. The summed E-state index contributed by atoms with van der Waals surface area (Å²) in [4.78, 5) is 8.54. The Kier molecular flexibility index (Phi) is 4.22. The summed E-state index contributed by atoms with van der Waals surface area (Å²) in [6.07, 6.45) is 3.17. The van der Waals surface area contributed by atoms with E-state index in [0.29, 0.717) is 22.2 Å². The maximum Gasteiger partial charge on any atom is 0.226 e. The van der Waals surface area contributed by atoms with Crippen molar-refractivity contribution in [2.24, 2.45) is 0 Å². The minimum Gasteiger partial charge on any atom is -0.444 e.